The van der Waals surface area contributed by atoms with E-state index in [0.29, 0.717) is 18.7 Å². The van der Waals surface area contributed by atoms with Crippen LogP contribution in [-0.4, -0.2) is 48.4 Å². The quantitative estimate of drug-likeness (QED) is 0.760. The molecule has 2 rings (SSSR count). The van der Waals surface area contributed by atoms with Gasteiger partial charge in [-0.1, -0.05) is 13.8 Å². The van der Waals surface area contributed by atoms with Crippen LogP contribution in [-0.2, 0) is 6.18 Å². The first-order valence-electron chi connectivity index (χ1n) is 7.97. The highest BCUT2D eigenvalue weighted by Crippen LogP contribution is 2.32. The number of carbonyl (C=O) groups is 1. The molecular formula is C17H22F4N2O. The average Bonchev–Trinajstić information content (AvgIpc) is 2.43. The summed E-state index contributed by atoms with van der Waals surface area (Å²) in [6.45, 7) is 6.58. The van der Waals surface area contributed by atoms with Gasteiger partial charge >= 0.3 is 6.18 Å². The van der Waals surface area contributed by atoms with Crippen molar-refractivity contribution >= 4 is 5.91 Å². The van der Waals surface area contributed by atoms with Gasteiger partial charge in [0.25, 0.3) is 5.91 Å². The summed E-state index contributed by atoms with van der Waals surface area (Å²) >= 11 is 0. The molecular weight excluding hydrogens is 324 g/mol. The summed E-state index contributed by atoms with van der Waals surface area (Å²) in [6.07, 6.45) is -3.70. The monoisotopic (exact) mass is 346 g/mol. The number of likely N-dealkylation sites (N-methyl/N-ethyl adjacent to an activating group) is 1. The number of nitrogens with zero attached hydrogens (tertiary/aromatic N) is 2. The van der Waals surface area contributed by atoms with Gasteiger partial charge < -0.3 is 9.80 Å². The standard InChI is InChI=1S/C17H22F4N2O/c1-11(2)15(10-23-7-4-8-23)22(3)16(24)12-5-6-14(18)13(9-12)17(19,20)21/h5-6,9,11,15H,4,7-8,10H2,1-3H3. The molecule has 134 valence electrons. The van der Waals surface area contributed by atoms with E-state index in [1.165, 1.54) is 4.90 Å². The highest BCUT2D eigenvalue weighted by Gasteiger charge is 2.35. The topological polar surface area (TPSA) is 23.6 Å². The molecule has 0 bridgehead atoms. The number of benzene rings is 1. The molecule has 0 saturated carbocycles. The molecule has 1 aliphatic rings. The number of halogens is 4. The van der Waals surface area contributed by atoms with Crippen LogP contribution in [0.15, 0.2) is 18.2 Å². The molecule has 1 aromatic carbocycles. The lowest BCUT2D eigenvalue weighted by atomic mass is 9.99. The highest BCUT2D eigenvalue weighted by molar-refractivity contribution is 5.94. The Kier molecular flexibility index (Phi) is 5.52. The Bertz CT molecular complexity index is 597. The lowest BCUT2D eigenvalue weighted by Gasteiger charge is -2.39. The zero-order valence-corrected chi connectivity index (χ0v) is 14.0. The third-order valence-corrected chi connectivity index (χ3v) is 4.50. The van der Waals surface area contributed by atoms with Gasteiger partial charge in [-0.2, -0.15) is 13.2 Å². The molecule has 0 aromatic heterocycles. The number of rotatable bonds is 5. The van der Waals surface area contributed by atoms with Crippen molar-refractivity contribution in [2.75, 3.05) is 26.7 Å². The summed E-state index contributed by atoms with van der Waals surface area (Å²) < 4.78 is 51.9. The number of hydrogen-bond acceptors (Lipinski definition) is 2. The van der Waals surface area contributed by atoms with Gasteiger partial charge in [0.1, 0.15) is 5.82 Å². The summed E-state index contributed by atoms with van der Waals surface area (Å²) in [5, 5.41) is 0. The van der Waals surface area contributed by atoms with Crippen LogP contribution in [0.25, 0.3) is 0 Å². The Balaban J connectivity index is 2.22. The molecule has 1 amide bonds. The second kappa shape index (κ2) is 7.09. The Hall–Kier alpha value is -1.63. The summed E-state index contributed by atoms with van der Waals surface area (Å²) in [5.74, 6) is -1.75. The van der Waals surface area contributed by atoms with Crippen LogP contribution >= 0.6 is 0 Å². The van der Waals surface area contributed by atoms with Gasteiger partial charge in [-0.3, -0.25) is 4.79 Å². The van der Waals surface area contributed by atoms with Crippen LogP contribution in [0.1, 0.15) is 36.2 Å². The third-order valence-electron chi connectivity index (χ3n) is 4.50. The molecule has 1 unspecified atom stereocenters. The maximum absolute atomic E-state index is 13.4. The van der Waals surface area contributed by atoms with Crippen LogP contribution in [0.4, 0.5) is 17.6 Å². The summed E-state index contributed by atoms with van der Waals surface area (Å²) in [7, 11) is 1.59. The van der Waals surface area contributed by atoms with Gasteiger partial charge in [-0.25, -0.2) is 4.39 Å². The number of hydrogen-bond donors (Lipinski definition) is 0. The van der Waals surface area contributed by atoms with E-state index >= 15 is 0 Å². The largest absolute Gasteiger partial charge is 0.419 e. The van der Waals surface area contributed by atoms with Crippen LogP contribution < -0.4 is 0 Å². The minimum Gasteiger partial charge on any atom is -0.337 e. The fraction of sp³-hybridized carbons (Fsp3) is 0.588. The molecule has 0 aliphatic carbocycles. The van der Waals surface area contributed by atoms with E-state index in [1.54, 1.807) is 7.05 Å². The number of likely N-dealkylation sites (tertiary alicyclic amines) is 1. The van der Waals surface area contributed by atoms with E-state index in [-0.39, 0.29) is 17.5 Å². The highest BCUT2D eigenvalue weighted by atomic mass is 19.4. The molecule has 1 atom stereocenters. The van der Waals surface area contributed by atoms with E-state index in [2.05, 4.69) is 4.90 Å². The first-order valence-corrected chi connectivity index (χ1v) is 7.97. The van der Waals surface area contributed by atoms with Crippen molar-refractivity contribution in [2.45, 2.75) is 32.5 Å². The van der Waals surface area contributed by atoms with Crippen molar-refractivity contribution < 1.29 is 22.4 Å². The molecule has 0 spiro atoms. The first kappa shape index (κ1) is 18.7. The predicted octanol–water partition coefficient (Wildman–Crippen LogP) is 3.65. The van der Waals surface area contributed by atoms with Crippen molar-refractivity contribution in [2.24, 2.45) is 5.92 Å². The van der Waals surface area contributed by atoms with Gasteiger partial charge in [0, 0.05) is 25.2 Å². The maximum Gasteiger partial charge on any atom is 0.419 e. The zero-order valence-electron chi connectivity index (χ0n) is 14.0. The average molecular weight is 346 g/mol. The van der Waals surface area contributed by atoms with Gasteiger partial charge in [0.15, 0.2) is 0 Å². The van der Waals surface area contributed by atoms with Crippen molar-refractivity contribution in [1.82, 2.24) is 9.80 Å². The fourth-order valence-corrected chi connectivity index (χ4v) is 2.84. The van der Waals surface area contributed by atoms with E-state index in [9.17, 15) is 22.4 Å². The summed E-state index contributed by atoms with van der Waals surface area (Å²) in [6, 6.07) is 2.28. The van der Waals surface area contributed by atoms with Crippen molar-refractivity contribution in [3.8, 4) is 0 Å². The molecule has 1 aromatic rings. The zero-order chi connectivity index (χ0) is 18.1. The number of carbonyl (C=O) groups excluding carboxylic acids is 1. The molecule has 7 heteroatoms. The Labute approximate surface area is 139 Å². The minimum atomic E-state index is -4.83. The minimum absolute atomic E-state index is 0.114. The fourth-order valence-electron chi connectivity index (χ4n) is 2.84. The molecule has 0 radical (unpaired) electrons. The van der Waals surface area contributed by atoms with E-state index in [0.717, 1.165) is 25.6 Å². The molecule has 1 aliphatic heterocycles. The van der Waals surface area contributed by atoms with Crippen LogP contribution in [0.2, 0.25) is 0 Å². The van der Waals surface area contributed by atoms with Crippen molar-refractivity contribution in [3.63, 3.8) is 0 Å². The smallest absolute Gasteiger partial charge is 0.337 e. The molecule has 1 heterocycles. The van der Waals surface area contributed by atoms with E-state index in [4.69, 9.17) is 0 Å². The summed E-state index contributed by atoms with van der Waals surface area (Å²) in [5.41, 5.74) is -1.56. The second-order valence-corrected chi connectivity index (χ2v) is 6.57. The molecule has 3 nitrogen and oxygen atoms in total. The van der Waals surface area contributed by atoms with Crippen molar-refractivity contribution in [3.05, 3.63) is 35.1 Å². The van der Waals surface area contributed by atoms with Gasteiger partial charge in [-0.15, -0.1) is 0 Å². The Morgan fingerprint density at radius 2 is 1.92 bits per heavy atom. The van der Waals surface area contributed by atoms with Gasteiger partial charge in [-0.05, 0) is 43.6 Å². The molecule has 24 heavy (non-hydrogen) atoms. The van der Waals surface area contributed by atoms with Crippen LogP contribution in [0.5, 0.6) is 0 Å². The molecule has 1 fully saturated rings. The normalized spacial score (nSPS) is 16.8. The number of alkyl halides is 3. The lowest BCUT2D eigenvalue weighted by Crippen LogP contribution is -2.51. The maximum atomic E-state index is 13.4. The lowest BCUT2D eigenvalue weighted by molar-refractivity contribution is -0.140. The Morgan fingerprint density at radius 1 is 1.29 bits per heavy atom. The van der Waals surface area contributed by atoms with E-state index < -0.39 is 23.5 Å². The summed E-state index contributed by atoms with van der Waals surface area (Å²) in [4.78, 5) is 16.3. The van der Waals surface area contributed by atoms with Crippen molar-refractivity contribution in [1.29, 1.82) is 0 Å². The molecule has 0 N–H and O–H groups in total. The third kappa shape index (κ3) is 4.06. The van der Waals surface area contributed by atoms with Gasteiger partial charge in [0.2, 0.25) is 0 Å². The second-order valence-electron chi connectivity index (χ2n) is 6.57. The SMILES string of the molecule is CC(C)C(CN1CCC1)N(C)C(=O)c1ccc(F)c(C(F)(F)F)c1. The first-order chi connectivity index (χ1) is 11.1. The van der Waals surface area contributed by atoms with Gasteiger partial charge in [0.05, 0.1) is 5.56 Å². The Morgan fingerprint density at radius 3 is 2.38 bits per heavy atom. The van der Waals surface area contributed by atoms with Crippen LogP contribution in [0.3, 0.4) is 0 Å². The van der Waals surface area contributed by atoms with Crippen LogP contribution in [0, 0.1) is 11.7 Å². The van der Waals surface area contributed by atoms with E-state index in [1.807, 2.05) is 13.8 Å². The number of amides is 1. The predicted molar refractivity (Wildman–Crippen MR) is 83.2 cm³/mol. The molecule has 1 saturated heterocycles.